The van der Waals surface area contributed by atoms with E-state index < -0.39 is 0 Å². The van der Waals surface area contributed by atoms with Crippen LogP contribution in [0.1, 0.15) is 38.5 Å². The van der Waals surface area contributed by atoms with Crippen LogP contribution in [0, 0.1) is 5.92 Å². The fourth-order valence-electron chi connectivity index (χ4n) is 5.26. The minimum absolute atomic E-state index is 0.0335. The lowest BCUT2D eigenvalue weighted by Crippen LogP contribution is -2.52. The summed E-state index contributed by atoms with van der Waals surface area (Å²) in [5, 5.41) is 0. The third-order valence-electron chi connectivity index (χ3n) is 7.23. The third-order valence-corrected chi connectivity index (χ3v) is 7.73. The summed E-state index contributed by atoms with van der Waals surface area (Å²) < 4.78 is 12.7. The Hall–Kier alpha value is -1.64. The van der Waals surface area contributed by atoms with Crippen molar-refractivity contribution in [3.8, 4) is 5.75 Å². The zero-order valence-corrected chi connectivity index (χ0v) is 21.2. The molecule has 0 N–H and O–H groups in total. The van der Waals surface area contributed by atoms with Crippen LogP contribution in [0.2, 0.25) is 0 Å². The van der Waals surface area contributed by atoms with Gasteiger partial charge in [-0.1, -0.05) is 34.8 Å². The molecule has 3 aliphatic rings. The van der Waals surface area contributed by atoms with E-state index in [2.05, 4.69) is 27.9 Å². The molecule has 0 aromatic heterocycles. The van der Waals surface area contributed by atoms with Crippen LogP contribution in [-0.4, -0.2) is 91.6 Å². The largest absolute Gasteiger partial charge is 0.490 e. The highest BCUT2D eigenvalue weighted by atomic mass is 79.9. The van der Waals surface area contributed by atoms with Gasteiger partial charge in [0, 0.05) is 55.5 Å². The van der Waals surface area contributed by atoms with Crippen molar-refractivity contribution < 1.29 is 19.1 Å². The van der Waals surface area contributed by atoms with E-state index in [0.717, 1.165) is 16.6 Å². The lowest BCUT2D eigenvalue weighted by atomic mass is 9.90. The number of hydrogen-bond donors (Lipinski definition) is 0. The number of morpholine rings is 1. The normalized spacial score (nSPS) is 24.3. The van der Waals surface area contributed by atoms with Gasteiger partial charge in [0.05, 0.1) is 19.8 Å². The molecule has 4 rings (SSSR count). The van der Waals surface area contributed by atoms with E-state index in [9.17, 15) is 9.59 Å². The first-order valence-corrected chi connectivity index (χ1v) is 13.0. The number of carbonyl (C=O) groups is 2. The standard InChI is InChI=1S/C25H36BrN3O4/c1-27(21-6-2-3-7-21)18-25(31)29-10-9-23(33-22-8-4-5-20(26)16-22)19(17-29)15-24(30)28-11-13-32-14-12-28/h4-5,8,16,19,21,23H,2-3,6-7,9-15,17-18H2,1H3/t19-,23-/m0/s1. The second-order valence-corrected chi connectivity index (χ2v) is 10.5. The van der Waals surface area contributed by atoms with E-state index >= 15 is 0 Å². The molecule has 2 amide bonds. The lowest BCUT2D eigenvalue weighted by molar-refractivity contribution is -0.142. The third kappa shape index (κ3) is 6.70. The first-order valence-electron chi connectivity index (χ1n) is 12.3. The number of likely N-dealkylation sites (N-methyl/N-ethyl adjacent to an activating group) is 1. The van der Waals surface area contributed by atoms with Crippen molar-refractivity contribution in [3.63, 3.8) is 0 Å². The van der Waals surface area contributed by atoms with Crippen molar-refractivity contribution in [2.45, 2.75) is 50.7 Å². The molecular weight excluding hydrogens is 486 g/mol. The second kappa shape index (κ2) is 11.7. The Morgan fingerprint density at radius 1 is 1.09 bits per heavy atom. The van der Waals surface area contributed by atoms with Gasteiger partial charge in [0.1, 0.15) is 11.9 Å². The van der Waals surface area contributed by atoms with Crippen molar-refractivity contribution in [2.75, 3.05) is 53.0 Å². The fourth-order valence-corrected chi connectivity index (χ4v) is 5.64. The van der Waals surface area contributed by atoms with Crippen molar-refractivity contribution in [1.82, 2.24) is 14.7 Å². The van der Waals surface area contributed by atoms with Crippen LogP contribution < -0.4 is 4.74 Å². The molecule has 0 bridgehead atoms. The van der Waals surface area contributed by atoms with Crippen LogP contribution >= 0.6 is 15.9 Å². The maximum absolute atomic E-state index is 13.1. The summed E-state index contributed by atoms with van der Waals surface area (Å²) in [5.41, 5.74) is 0. The number of hydrogen-bond acceptors (Lipinski definition) is 5. The lowest BCUT2D eigenvalue weighted by Gasteiger charge is -2.40. The molecule has 1 aromatic carbocycles. The maximum atomic E-state index is 13.1. The molecule has 33 heavy (non-hydrogen) atoms. The van der Waals surface area contributed by atoms with E-state index in [1.165, 1.54) is 25.7 Å². The Morgan fingerprint density at radius 3 is 2.58 bits per heavy atom. The zero-order chi connectivity index (χ0) is 23.2. The molecule has 1 aliphatic carbocycles. The molecule has 1 aromatic rings. The van der Waals surface area contributed by atoms with E-state index in [-0.39, 0.29) is 23.8 Å². The Morgan fingerprint density at radius 2 is 1.85 bits per heavy atom. The zero-order valence-electron chi connectivity index (χ0n) is 19.6. The molecule has 2 aliphatic heterocycles. The maximum Gasteiger partial charge on any atom is 0.236 e. The van der Waals surface area contributed by atoms with E-state index in [1.54, 1.807) is 0 Å². The van der Waals surface area contributed by atoms with Gasteiger partial charge in [0.2, 0.25) is 11.8 Å². The number of benzene rings is 1. The highest BCUT2D eigenvalue weighted by Crippen LogP contribution is 2.28. The first kappa shape index (κ1) is 24.5. The number of carbonyl (C=O) groups excluding carboxylic acids is 2. The van der Waals surface area contributed by atoms with Gasteiger partial charge >= 0.3 is 0 Å². The van der Waals surface area contributed by atoms with Gasteiger partial charge in [-0.15, -0.1) is 0 Å². The Kier molecular flexibility index (Phi) is 8.66. The monoisotopic (exact) mass is 521 g/mol. The van der Waals surface area contributed by atoms with Crippen molar-refractivity contribution >= 4 is 27.7 Å². The number of piperidine rings is 1. The van der Waals surface area contributed by atoms with Gasteiger partial charge in [0.25, 0.3) is 0 Å². The van der Waals surface area contributed by atoms with Gasteiger partial charge in [-0.2, -0.15) is 0 Å². The quantitative estimate of drug-likeness (QED) is 0.551. The van der Waals surface area contributed by atoms with Gasteiger partial charge in [-0.05, 0) is 38.1 Å². The predicted octanol–water partition coefficient (Wildman–Crippen LogP) is 3.17. The van der Waals surface area contributed by atoms with Crippen LogP contribution in [0.5, 0.6) is 5.75 Å². The minimum atomic E-state index is -0.0964. The number of ether oxygens (including phenoxy) is 2. The van der Waals surface area contributed by atoms with Gasteiger partial charge in [-0.25, -0.2) is 0 Å². The van der Waals surface area contributed by atoms with Crippen LogP contribution in [0.3, 0.4) is 0 Å². The van der Waals surface area contributed by atoms with Gasteiger partial charge in [-0.3, -0.25) is 14.5 Å². The van der Waals surface area contributed by atoms with E-state index in [0.29, 0.717) is 58.4 Å². The van der Waals surface area contributed by atoms with Crippen molar-refractivity contribution in [2.24, 2.45) is 5.92 Å². The molecule has 7 nitrogen and oxygen atoms in total. The molecule has 1 saturated carbocycles. The molecule has 2 saturated heterocycles. The molecule has 2 heterocycles. The summed E-state index contributed by atoms with van der Waals surface area (Å²) in [7, 11) is 2.07. The molecule has 182 valence electrons. The van der Waals surface area contributed by atoms with Crippen LogP contribution in [0.4, 0.5) is 0 Å². The number of amides is 2. The molecule has 3 fully saturated rings. The van der Waals surface area contributed by atoms with Crippen molar-refractivity contribution in [3.05, 3.63) is 28.7 Å². The minimum Gasteiger partial charge on any atom is -0.490 e. The highest BCUT2D eigenvalue weighted by molar-refractivity contribution is 9.10. The van der Waals surface area contributed by atoms with Crippen molar-refractivity contribution in [1.29, 1.82) is 0 Å². The van der Waals surface area contributed by atoms with Crippen LogP contribution in [-0.2, 0) is 14.3 Å². The smallest absolute Gasteiger partial charge is 0.236 e. The highest BCUT2D eigenvalue weighted by Gasteiger charge is 2.36. The average Bonchev–Trinajstić information content (AvgIpc) is 3.36. The van der Waals surface area contributed by atoms with Crippen LogP contribution in [0.25, 0.3) is 0 Å². The van der Waals surface area contributed by atoms with Gasteiger partial charge < -0.3 is 19.3 Å². The molecule has 8 heteroatoms. The second-order valence-electron chi connectivity index (χ2n) is 9.55. The summed E-state index contributed by atoms with van der Waals surface area (Å²) in [4.78, 5) is 32.2. The molecule has 0 unspecified atom stereocenters. The van der Waals surface area contributed by atoms with E-state index in [1.807, 2.05) is 34.1 Å². The Labute approximate surface area is 205 Å². The van der Waals surface area contributed by atoms with E-state index in [4.69, 9.17) is 9.47 Å². The SMILES string of the molecule is CN(CC(=O)N1CC[C@H](Oc2cccc(Br)c2)[C@@H](CC(=O)N2CCOCC2)C1)C1CCCC1. The molecular formula is C25H36BrN3O4. The fraction of sp³-hybridized carbons (Fsp3) is 0.680. The number of nitrogens with zero attached hydrogens (tertiary/aromatic N) is 3. The number of likely N-dealkylation sites (tertiary alicyclic amines) is 1. The Bertz CT molecular complexity index is 811. The summed E-state index contributed by atoms with van der Waals surface area (Å²) in [6, 6.07) is 8.33. The molecule has 2 atom stereocenters. The Balaban J connectivity index is 1.41. The summed E-state index contributed by atoms with van der Waals surface area (Å²) >= 11 is 3.50. The summed E-state index contributed by atoms with van der Waals surface area (Å²) in [5.74, 6) is 1.05. The summed E-state index contributed by atoms with van der Waals surface area (Å²) in [6.07, 6.45) is 5.90. The molecule has 0 spiro atoms. The predicted molar refractivity (Wildman–Crippen MR) is 130 cm³/mol. The average molecular weight is 522 g/mol. The molecule has 0 radical (unpaired) electrons. The number of rotatable bonds is 7. The summed E-state index contributed by atoms with van der Waals surface area (Å²) in [6.45, 7) is 4.13. The number of halogens is 1. The first-order chi connectivity index (χ1) is 16.0. The van der Waals surface area contributed by atoms with Crippen LogP contribution in [0.15, 0.2) is 28.7 Å². The van der Waals surface area contributed by atoms with Gasteiger partial charge in [0.15, 0.2) is 0 Å². The topological polar surface area (TPSA) is 62.3 Å².